The van der Waals surface area contributed by atoms with E-state index in [1.54, 1.807) is 6.20 Å². The third kappa shape index (κ3) is 2.83. The zero-order valence-corrected chi connectivity index (χ0v) is 10.9. The largest absolute Gasteiger partial charge is 0.340 e. The number of pyridine rings is 1. The molecule has 2 aromatic rings. The quantitative estimate of drug-likeness (QED) is 0.889. The number of aromatic nitrogens is 1. The molecule has 3 heteroatoms. The third-order valence-electron chi connectivity index (χ3n) is 2.22. The van der Waals surface area contributed by atoms with Gasteiger partial charge in [0.25, 0.3) is 0 Å². The van der Waals surface area contributed by atoms with Crippen molar-refractivity contribution in [2.24, 2.45) is 0 Å². The Labute approximate surface area is 104 Å². The molecule has 0 aliphatic carbocycles. The third-order valence-corrected chi connectivity index (χ3v) is 2.69. The number of anilines is 2. The average Bonchev–Trinajstić information content (AvgIpc) is 2.20. The Morgan fingerprint density at radius 2 is 1.75 bits per heavy atom. The zero-order valence-electron chi connectivity index (χ0n) is 9.29. The average molecular weight is 277 g/mol. The number of aryl methyl sites for hydroxylation is 2. The fourth-order valence-electron chi connectivity index (χ4n) is 1.64. The molecule has 1 N–H and O–H groups in total. The van der Waals surface area contributed by atoms with Crippen molar-refractivity contribution >= 4 is 27.4 Å². The maximum Gasteiger partial charge on any atom is 0.130 e. The first-order valence-corrected chi connectivity index (χ1v) is 5.90. The van der Waals surface area contributed by atoms with Gasteiger partial charge in [0.15, 0.2) is 0 Å². The van der Waals surface area contributed by atoms with Gasteiger partial charge < -0.3 is 5.32 Å². The molecule has 0 saturated carbocycles. The fourth-order valence-corrected chi connectivity index (χ4v) is 1.88. The summed E-state index contributed by atoms with van der Waals surface area (Å²) in [5.74, 6) is 0.855. The molecule has 0 spiro atoms. The lowest BCUT2D eigenvalue weighted by Crippen LogP contribution is -1.93. The van der Waals surface area contributed by atoms with E-state index in [2.05, 4.69) is 58.3 Å². The number of rotatable bonds is 2. The van der Waals surface area contributed by atoms with Crippen LogP contribution >= 0.6 is 15.9 Å². The van der Waals surface area contributed by atoms with Crippen molar-refractivity contribution in [3.05, 3.63) is 52.1 Å². The number of halogens is 1. The van der Waals surface area contributed by atoms with Gasteiger partial charge in [-0.15, -0.1) is 0 Å². The summed E-state index contributed by atoms with van der Waals surface area (Å²) in [6.45, 7) is 4.18. The van der Waals surface area contributed by atoms with E-state index >= 15 is 0 Å². The number of nitrogens with zero attached hydrogens (tertiary/aromatic N) is 1. The van der Waals surface area contributed by atoms with Crippen molar-refractivity contribution in [2.75, 3.05) is 5.32 Å². The summed E-state index contributed by atoms with van der Waals surface area (Å²) in [5, 5.41) is 3.28. The molecule has 1 heterocycles. The summed E-state index contributed by atoms with van der Waals surface area (Å²) in [6.07, 6.45) is 1.78. The summed E-state index contributed by atoms with van der Waals surface area (Å²) < 4.78 is 0.985. The van der Waals surface area contributed by atoms with E-state index in [1.807, 2.05) is 12.1 Å². The van der Waals surface area contributed by atoms with E-state index in [0.717, 1.165) is 16.0 Å². The number of nitrogens with one attached hydrogen (secondary N) is 1. The molecule has 2 rings (SSSR count). The SMILES string of the molecule is Cc1cc(C)cc(Nc2ccc(Br)cn2)c1. The Bertz CT molecular complexity index is 472. The highest BCUT2D eigenvalue weighted by molar-refractivity contribution is 9.10. The van der Waals surface area contributed by atoms with E-state index in [-0.39, 0.29) is 0 Å². The first-order valence-electron chi connectivity index (χ1n) is 5.10. The van der Waals surface area contributed by atoms with Crippen LogP contribution in [0.25, 0.3) is 0 Å². The van der Waals surface area contributed by atoms with Crippen molar-refractivity contribution in [3.63, 3.8) is 0 Å². The van der Waals surface area contributed by atoms with Crippen molar-refractivity contribution in [1.82, 2.24) is 4.98 Å². The van der Waals surface area contributed by atoms with Crippen LogP contribution in [0.1, 0.15) is 11.1 Å². The van der Waals surface area contributed by atoms with Crippen molar-refractivity contribution < 1.29 is 0 Å². The van der Waals surface area contributed by atoms with Gasteiger partial charge in [-0.2, -0.15) is 0 Å². The van der Waals surface area contributed by atoms with Gasteiger partial charge in [0, 0.05) is 16.4 Å². The lowest BCUT2D eigenvalue weighted by Gasteiger charge is -2.07. The molecular weight excluding hydrogens is 264 g/mol. The molecule has 1 aromatic carbocycles. The lowest BCUT2D eigenvalue weighted by molar-refractivity contribution is 1.28. The lowest BCUT2D eigenvalue weighted by atomic mass is 10.1. The summed E-state index contributed by atoms with van der Waals surface area (Å²) in [4.78, 5) is 4.27. The van der Waals surface area contributed by atoms with Crippen LogP contribution < -0.4 is 5.32 Å². The van der Waals surface area contributed by atoms with Crippen molar-refractivity contribution in [1.29, 1.82) is 0 Å². The molecule has 0 aliphatic heterocycles. The normalized spacial score (nSPS) is 10.2. The molecule has 0 radical (unpaired) electrons. The maximum atomic E-state index is 4.27. The second-order valence-corrected chi connectivity index (χ2v) is 4.78. The van der Waals surface area contributed by atoms with Crippen LogP contribution in [0.3, 0.4) is 0 Å². The fraction of sp³-hybridized carbons (Fsp3) is 0.154. The summed E-state index contributed by atoms with van der Waals surface area (Å²) in [6, 6.07) is 10.3. The van der Waals surface area contributed by atoms with Crippen LogP contribution in [0, 0.1) is 13.8 Å². The number of hydrogen-bond donors (Lipinski definition) is 1. The van der Waals surface area contributed by atoms with Gasteiger partial charge in [0.2, 0.25) is 0 Å². The minimum absolute atomic E-state index is 0.855. The van der Waals surface area contributed by atoms with Crippen molar-refractivity contribution in [3.8, 4) is 0 Å². The highest BCUT2D eigenvalue weighted by atomic mass is 79.9. The maximum absolute atomic E-state index is 4.27. The topological polar surface area (TPSA) is 24.9 Å². The molecule has 0 amide bonds. The molecule has 82 valence electrons. The Morgan fingerprint density at radius 3 is 2.31 bits per heavy atom. The Balaban J connectivity index is 2.23. The van der Waals surface area contributed by atoms with Gasteiger partial charge in [-0.05, 0) is 65.2 Å². The summed E-state index contributed by atoms with van der Waals surface area (Å²) in [7, 11) is 0. The minimum Gasteiger partial charge on any atom is -0.340 e. The molecule has 0 unspecified atom stereocenters. The molecular formula is C13H13BrN2. The van der Waals surface area contributed by atoms with Crippen LogP contribution in [0.4, 0.5) is 11.5 Å². The molecule has 0 fully saturated rings. The van der Waals surface area contributed by atoms with Crippen LogP contribution in [0.2, 0.25) is 0 Å². The number of benzene rings is 1. The summed E-state index contributed by atoms with van der Waals surface area (Å²) >= 11 is 3.36. The van der Waals surface area contributed by atoms with Gasteiger partial charge in [-0.3, -0.25) is 0 Å². The second kappa shape index (κ2) is 4.66. The Kier molecular flexibility index (Phi) is 3.25. The van der Waals surface area contributed by atoms with Gasteiger partial charge in [-0.25, -0.2) is 4.98 Å². The zero-order chi connectivity index (χ0) is 11.5. The standard InChI is InChI=1S/C13H13BrN2/c1-9-5-10(2)7-12(6-9)16-13-4-3-11(14)8-15-13/h3-8H,1-2H3,(H,15,16). The van der Waals surface area contributed by atoms with Crippen LogP contribution in [-0.4, -0.2) is 4.98 Å². The Hall–Kier alpha value is -1.35. The minimum atomic E-state index is 0.855. The first kappa shape index (κ1) is 11.1. The highest BCUT2D eigenvalue weighted by Crippen LogP contribution is 2.19. The number of hydrogen-bond acceptors (Lipinski definition) is 2. The smallest absolute Gasteiger partial charge is 0.130 e. The molecule has 2 nitrogen and oxygen atoms in total. The monoisotopic (exact) mass is 276 g/mol. The Morgan fingerprint density at radius 1 is 1.06 bits per heavy atom. The second-order valence-electron chi connectivity index (χ2n) is 3.86. The molecule has 0 atom stereocenters. The van der Waals surface area contributed by atoms with Crippen molar-refractivity contribution in [2.45, 2.75) is 13.8 Å². The molecule has 0 saturated heterocycles. The molecule has 0 aliphatic rings. The van der Waals surface area contributed by atoms with E-state index < -0.39 is 0 Å². The molecule has 0 bridgehead atoms. The van der Waals surface area contributed by atoms with E-state index in [9.17, 15) is 0 Å². The predicted octanol–water partition coefficient (Wildman–Crippen LogP) is 4.20. The highest BCUT2D eigenvalue weighted by Gasteiger charge is 1.97. The van der Waals surface area contributed by atoms with Gasteiger partial charge in [0.05, 0.1) is 0 Å². The van der Waals surface area contributed by atoms with Gasteiger partial charge in [0.1, 0.15) is 5.82 Å². The van der Waals surface area contributed by atoms with E-state index in [4.69, 9.17) is 0 Å². The summed E-state index contributed by atoms with van der Waals surface area (Å²) in [5.41, 5.74) is 3.58. The van der Waals surface area contributed by atoms with Crippen LogP contribution in [-0.2, 0) is 0 Å². The predicted molar refractivity (Wildman–Crippen MR) is 71.1 cm³/mol. The van der Waals surface area contributed by atoms with Gasteiger partial charge >= 0.3 is 0 Å². The van der Waals surface area contributed by atoms with Crippen LogP contribution in [0.15, 0.2) is 41.0 Å². The van der Waals surface area contributed by atoms with Gasteiger partial charge in [-0.1, -0.05) is 6.07 Å². The van der Waals surface area contributed by atoms with Crippen LogP contribution in [0.5, 0.6) is 0 Å². The first-order chi connectivity index (χ1) is 7.63. The molecule has 16 heavy (non-hydrogen) atoms. The molecule has 1 aromatic heterocycles. The van der Waals surface area contributed by atoms with E-state index in [1.165, 1.54) is 11.1 Å². The van der Waals surface area contributed by atoms with E-state index in [0.29, 0.717) is 0 Å².